The molecule has 0 fully saturated rings. The summed E-state index contributed by atoms with van der Waals surface area (Å²) in [5, 5.41) is 10.9. The summed E-state index contributed by atoms with van der Waals surface area (Å²) in [4.78, 5) is 8.51. The molecule has 2 N–H and O–H groups in total. The van der Waals surface area contributed by atoms with Gasteiger partial charge in [-0.1, -0.05) is 12.1 Å². The Balaban J connectivity index is 1.54. The van der Waals surface area contributed by atoms with Crippen molar-refractivity contribution in [2.45, 2.75) is 31.5 Å². The number of aliphatic imine (C=N–C) groups is 1. The molecule has 1 aromatic heterocycles. The molecule has 25 heavy (non-hydrogen) atoms. The van der Waals surface area contributed by atoms with Gasteiger partial charge < -0.3 is 15.4 Å². The van der Waals surface area contributed by atoms with E-state index in [0.29, 0.717) is 12.5 Å². The van der Waals surface area contributed by atoms with Crippen LogP contribution >= 0.6 is 0 Å². The van der Waals surface area contributed by atoms with Crippen molar-refractivity contribution in [3.05, 3.63) is 47.8 Å². The van der Waals surface area contributed by atoms with Crippen molar-refractivity contribution in [1.29, 1.82) is 0 Å². The van der Waals surface area contributed by atoms with Crippen LogP contribution in [0.5, 0.6) is 0 Å². The number of hydrogen-bond acceptors (Lipinski definition) is 4. The van der Waals surface area contributed by atoms with Gasteiger partial charge in [-0.15, -0.1) is 0 Å². The summed E-state index contributed by atoms with van der Waals surface area (Å²) < 4.78 is 20.5. The SMILES string of the molecule is CN=C(NCC(OC)c1ccc(F)cc1)NC1CCc2ncnn2C1. The molecule has 1 aliphatic rings. The minimum Gasteiger partial charge on any atom is -0.375 e. The van der Waals surface area contributed by atoms with Crippen LogP contribution in [0, 0.1) is 5.82 Å². The Bertz CT molecular complexity index is 714. The molecule has 0 spiro atoms. The topological polar surface area (TPSA) is 76.4 Å². The highest BCUT2D eigenvalue weighted by atomic mass is 19.1. The predicted octanol–water partition coefficient (Wildman–Crippen LogP) is 1.28. The molecule has 7 nitrogen and oxygen atoms in total. The third-order valence-corrected chi connectivity index (χ3v) is 4.35. The maximum absolute atomic E-state index is 13.1. The van der Waals surface area contributed by atoms with Gasteiger partial charge in [-0.3, -0.25) is 4.99 Å². The van der Waals surface area contributed by atoms with E-state index in [1.54, 1.807) is 32.6 Å². The van der Waals surface area contributed by atoms with Crippen molar-refractivity contribution in [2.75, 3.05) is 20.7 Å². The van der Waals surface area contributed by atoms with Gasteiger partial charge in [0.25, 0.3) is 0 Å². The van der Waals surface area contributed by atoms with Crippen LogP contribution in [0.15, 0.2) is 35.6 Å². The van der Waals surface area contributed by atoms with Gasteiger partial charge in [-0.25, -0.2) is 14.1 Å². The van der Waals surface area contributed by atoms with Crippen LogP contribution in [-0.2, 0) is 17.7 Å². The first kappa shape index (κ1) is 17.3. The molecular weight excluding hydrogens is 323 g/mol. The maximum atomic E-state index is 13.1. The Hall–Kier alpha value is -2.48. The van der Waals surface area contributed by atoms with Crippen molar-refractivity contribution in [3.63, 3.8) is 0 Å². The van der Waals surface area contributed by atoms with Crippen molar-refractivity contribution in [3.8, 4) is 0 Å². The molecule has 2 unspecified atom stereocenters. The number of aryl methyl sites for hydroxylation is 1. The summed E-state index contributed by atoms with van der Waals surface area (Å²) in [6.45, 7) is 1.30. The zero-order valence-corrected chi connectivity index (χ0v) is 14.4. The molecule has 0 saturated carbocycles. The standard InChI is InChI=1S/C17H23FN6O/c1-19-17(23-14-7-8-16-21-11-22-24(16)10-14)20-9-15(25-2)12-3-5-13(18)6-4-12/h3-6,11,14-15H,7-10H2,1-2H3,(H2,19,20,23). The second-order valence-corrected chi connectivity index (χ2v) is 5.97. The lowest BCUT2D eigenvalue weighted by atomic mass is 10.1. The van der Waals surface area contributed by atoms with E-state index in [-0.39, 0.29) is 18.0 Å². The summed E-state index contributed by atoms with van der Waals surface area (Å²) in [6, 6.07) is 6.58. The minimum absolute atomic E-state index is 0.188. The van der Waals surface area contributed by atoms with E-state index >= 15 is 0 Å². The van der Waals surface area contributed by atoms with Crippen molar-refractivity contribution in [2.24, 2.45) is 4.99 Å². The van der Waals surface area contributed by atoms with E-state index < -0.39 is 0 Å². The van der Waals surface area contributed by atoms with Gasteiger partial charge in [0, 0.05) is 33.2 Å². The largest absolute Gasteiger partial charge is 0.375 e. The van der Waals surface area contributed by atoms with E-state index in [2.05, 4.69) is 25.7 Å². The van der Waals surface area contributed by atoms with Crippen LogP contribution in [0.1, 0.15) is 23.9 Å². The molecule has 0 amide bonds. The molecule has 0 aliphatic carbocycles. The van der Waals surface area contributed by atoms with Crippen LogP contribution in [-0.4, -0.2) is 47.5 Å². The molecule has 0 radical (unpaired) electrons. The van der Waals surface area contributed by atoms with Gasteiger partial charge in [0.15, 0.2) is 5.96 Å². The molecule has 8 heteroatoms. The second kappa shape index (κ2) is 8.06. The van der Waals surface area contributed by atoms with Gasteiger partial charge in [0.2, 0.25) is 0 Å². The highest BCUT2D eigenvalue weighted by Crippen LogP contribution is 2.16. The van der Waals surface area contributed by atoms with Gasteiger partial charge in [0.05, 0.1) is 12.6 Å². The van der Waals surface area contributed by atoms with E-state index in [4.69, 9.17) is 4.74 Å². The lowest BCUT2D eigenvalue weighted by Crippen LogP contribution is -2.48. The molecule has 2 aromatic rings. The average molecular weight is 346 g/mol. The molecule has 1 aliphatic heterocycles. The third-order valence-electron chi connectivity index (χ3n) is 4.35. The van der Waals surface area contributed by atoms with Crippen LogP contribution in [0.2, 0.25) is 0 Å². The maximum Gasteiger partial charge on any atom is 0.191 e. The molecular formula is C17H23FN6O. The summed E-state index contributed by atoms with van der Waals surface area (Å²) >= 11 is 0. The number of rotatable bonds is 5. The molecule has 3 rings (SSSR count). The number of nitrogens with zero attached hydrogens (tertiary/aromatic N) is 4. The third kappa shape index (κ3) is 4.33. The van der Waals surface area contributed by atoms with E-state index in [9.17, 15) is 4.39 Å². The molecule has 134 valence electrons. The number of benzene rings is 1. The fraction of sp³-hybridized carbons (Fsp3) is 0.471. The van der Waals surface area contributed by atoms with Crippen LogP contribution in [0.3, 0.4) is 0 Å². The minimum atomic E-state index is -0.256. The fourth-order valence-electron chi connectivity index (χ4n) is 2.95. The Kier molecular flexibility index (Phi) is 5.60. The first-order chi connectivity index (χ1) is 12.2. The highest BCUT2D eigenvalue weighted by molar-refractivity contribution is 5.80. The number of methoxy groups -OCH3 is 1. The number of nitrogens with one attached hydrogen (secondary N) is 2. The first-order valence-electron chi connectivity index (χ1n) is 8.31. The lowest BCUT2D eigenvalue weighted by Gasteiger charge is -2.26. The smallest absolute Gasteiger partial charge is 0.191 e. The lowest BCUT2D eigenvalue weighted by molar-refractivity contribution is 0.106. The number of fused-ring (bicyclic) bond motifs is 1. The van der Waals surface area contributed by atoms with Gasteiger partial charge in [-0.2, -0.15) is 5.10 Å². The van der Waals surface area contributed by atoms with E-state index in [1.807, 2.05) is 4.68 Å². The van der Waals surface area contributed by atoms with Crippen LogP contribution < -0.4 is 10.6 Å². The van der Waals surface area contributed by atoms with Gasteiger partial charge in [-0.05, 0) is 24.1 Å². The van der Waals surface area contributed by atoms with Crippen molar-refractivity contribution < 1.29 is 9.13 Å². The number of aromatic nitrogens is 3. The molecule has 0 bridgehead atoms. The predicted molar refractivity (Wildman–Crippen MR) is 92.8 cm³/mol. The van der Waals surface area contributed by atoms with Gasteiger partial charge in [0.1, 0.15) is 18.0 Å². The number of halogens is 1. The number of ether oxygens (including phenoxy) is 1. The van der Waals surface area contributed by atoms with E-state index in [1.165, 1.54) is 12.1 Å². The quantitative estimate of drug-likeness (QED) is 0.630. The Morgan fingerprint density at radius 3 is 2.96 bits per heavy atom. The summed E-state index contributed by atoms with van der Waals surface area (Å²) in [5.41, 5.74) is 0.914. The average Bonchev–Trinajstić information content (AvgIpc) is 3.10. The molecule has 0 saturated heterocycles. The van der Waals surface area contributed by atoms with Gasteiger partial charge >= 0.3 is 0 Å². The molecule has 2 heterocycles. The second-order valence-electron chi connectivity index (χ2n) is 5.97. The monoisotopic (exact) mass is 346 g/mol. The Morgan fingerprint density at radius 1 is 1.44 bits per heavy atom. The highest BCUT2D eigenvalue weighted by Gasteiger charge is 2.21. The molecule has 2 atom stereocenters. The zero-order chi connectivity index (χ0) is 17.6. The Morgan fingerprint density at radius 2 is 2.24 bits per heavy atom. The van der Waals surface area contributed by atoms with E-state index in [0.717, 1.165) is 30.8 Å². The summed E-state index contributed by atoms with van der Waals surface area (Å²) in [7, 11) is 3.37. The Labute approximate surface area is 146 Å². The summed E-state index contributed by atoms with van der Waals surface area (Å²) in [5.74, 6) is 1.48. The van der Waals surface area contributed by atoms with Crippen LogP contribution in [0.4, 0.5) is 4.39 Å². The number of guanidine groups is 1. The normalized spacial score (nSPS) is 18.5. The number of hydrogen-bond donors (Lipinski definition) is 2. The van der Waals surface area contributed by atoms with Crippen molar-refractivity contribution in [1.82, 2.24) is 25.4 Å². The fourth-order valence-corrected chi connectivity index (χ4v) is 2.95. The molecule has 1 aromatic carbocycles. The first-order valence-corrected chi connectivity index (χ1v) is 8.31. The summed E-state index contributed by atoms with van der Waals surface area (Å²) in [6.07, 6.45) is 3.28. The van der Waals surface area contributed by atoms with Crippen LogP contribution in [0.25, 0.3) is 0 Å². The van der Waals surface area contributed by atoms with Crippen molar-refractivity contribution >= 4 is 5.96 Å². The zero-order valence-electron chi connectivity index (χ0n) is 14.4.